The zero-order valence-electron chi connectivity index (χ0n) is 18.2. The van der Waals surface area contributed by atoms with Gasteiger partial charge >= 0.3 is 0 Å². The molecule has 2 N–H and O–H groups in total. The molecule has 0 atom stereocenters. The third-order valence-corrected chi connectivity index (χ3v) is 5.20. The Morgan fingerprint density at radius 1 is 1.00 bits per heavy atom. The van der Waals surface area contributed by atoms with Crippen LogP contribution in [-0.2, 0) is 6.54 Å². The van der Waals surface area contributed by atoms with Gasteiger partial charge in [0.1, 0.15) is 17.1 Å². The van der Waals surface area contributed by atoms with Gasteiger partial charge in [-0.05, 0) is 49.2 Å². The van der Waals surface area contributed by atoms with Gasteiger partial charge in [-0.15, -0.1) is 0 Å². The first-order valence-corrected chi connectivity index (χ1v) is 11.0. The standard InChI is InChI=1S/C25H30N2O4/c1-3-5-6-9-17-31-19-14-12-18(13-15-19)26-24(29)22-23(28)20-10-7-8-11-21(20)27(16-4-2)25(22)30/h7-8,10-15,28H,3-6,9,16-17H2,1-2H3,(H,26,29). The van der Waals surface area contributed by atoms with Crippen LogP contribution in [0.3, 0.4) is 0 Å². The quantitative estimate of drug-likeness (QED) is 0.433. The van der Waals surface area contributed by atoms with E-state index in [9.17, 15) is 14.7 Å². The van der Waals surface area contributed by atoms with Crippen LogP contribution < -0.4 is 15.6 Å². The first-order chi connectivity index (χ1) is 15.1. The van der Waals surface area contributed by atoms with E-state index in [4.69, 9.17) is 4.74 Å². The van der Waals surface area contributed by atoms with Crippen molar-refractivity contribution in [1.29, 1.82) is 0 Å². The summed E-state index contributed by atoms with van der Waals surface area (Å²) in [4.78, 5) is 25.9. The van der Waals surface area contributed by atoms with Crippen molar-refractivity contribution in [2.45, 2.75) is 52.5 Å². The summed E-state index contributed by atoms with van der Waals surface area (Å²) >= 11 is 0. The summed E-state index contributed by atoms with van der Waals surface area (Å²) < 4.78 is 7.26. The predicted octanol–water partition coefficient (Wildman–Crippen LogP) is 5.33. The fourth-order valence-electron chi connectivity index (χ4n) is 3.59. The highest BCUT2D eigenvalue weighted by atomic mass is 16.5. The molecule has 6 nitrogen and oxygen atoms in total. The van der Waals surface area contributed by atoms with Crippen LogP contribution in [-0.4, -0.2) is 22.2 Å². The SMILES string of the molecule is CCCCCCOc1ccc(NC(=O)c2c(O)c3ccccc3n(CCC)c2=O)cc1. The second-order valence-electron chi connectivity index (χ2n) is 7.59. The number of carbonyl (C=O) groups is 1. The van der Waals surface area contributed by atoms with Crippen molar-refractivity contribution < 1.29 is 14.6 Å². The smallest absolute Gasteiger partial charge is 0.267 e. The number of fused-ring (bicyclic) bond motifs is 1. The van der Waals surface area contributed by atoms with E-state index in [1.165, 1.54) is 12.8 Å². The van der Waals surface area contributed by atoms with Crippen molar-refractivity contribution in [2.24, 2.45) is 0 Å². The molecular weight excluding hydrogens is 392 g/mol. The molecule has 31 heavy (non-hydrogen) atoms. The van der Waals surface area contributed by atoms with Crippen molar-refractivity contribution in [1.82, 2.24) is 4.57 Å². The highest BCUT2D eigenvalue weighted by Crippen LogP contribution is 2.27. The second-order valence-corrected chi connectivity index (χ2v) is 7.59. The third kappa shape index (κ3) is 5.26. The number of ether oxygens (including phenoxy) is 1. The summed E-state index contributed by atoms with van der Waals surface area (Å²) in [5.41, 5.74) is 0.396. The number of pyridine rings is 1. The first kappa shape index (κ1) is 22.4. The maximum atomic E-state index is 13.0. The van der Waals surface area contributed by atoms with Gasteiger partial charge in [0.25, 0.3) is 11.5 Å². The number of rotatable bonds is 10. The van der Waals surface area contributed by atoms with E-state index in [-0.39, 0.29) is 11.3 Å². The van der Waals surface area contributed by atoms with Crippen LogP contribution >= 0.6 is 0 Å². The fourth-order valence-corrected chi connectivity index (χ4v) is 3.59. The topological polar surface area (TPSA) is 80.6 Å². The summed E-state index contributed by atoms with van der Waals surface area (Å²) in [5.74, 6) is -0.197. The van der Waals surface area contributed by atoms with E-state index in [2.05, 4.69) is 12.2 Å². The Morgan fingerprint density at radius 2 is 1.74 bits per heavy atom. The summed E-state index contributed by atoms with van der Waals surface area (Å²) in [6.45, 7) is 5.25. The van der Waals surface area contributed by atoms with E-state index in [0.717, 1.165) is 25.0 Å². The Hall–Kier alpha value is -3.28. The van der Waals surface area contributed by atoms with Gasteiger partial charge in [-0.25, -0.2) is 0 Å². The number of anilines is 1. The Bertz CT molecular complexity index is 1090. The molecule has 0 bridgehead atoms. The number of aryl methyl sites for hydroxylation is 1. The number of hydrogen-bond donors (Lipinski definition) is 2. The lowest BCUT2D eigenvalue weighted by molar-refractivity contribution is 0.102. The van der Waals surface area contributed by atoms with Crippen LogP contribution in [0.1, 0.15) is 56.3 Å². The van der Waals surface area contributed by atoms with Crippen LogP contribution in [0.25, 0.3) is 10.9 Å². The average molecular weight is 423 g/mol. The zero-order chi connectivity index (χ0) is 22.2. The first-order valence-electron chi connectivity index (χ1n) is 11.0. The molecule has 1 amide bonds. The minimum Gasteiger partial charge on any atom is -0.506 e. The van der Waals surface area contributed by atoms with E-state index in [0.29, 0.717) is 29.7 Å². The van der Waals surface area contributed by atoms with Crippen molar-refractivity contribution in [3.05, 3.63) is 64.4 Å². The minimum absolute atomic E-state index is 0.247. The Balaban J connectivity index is 1.78. The van der Waals surface area contributed by atoms with Crippen molar-refractivity contribution >= 4 is 22.5 Å². The van der Waals surface area contributed by atoms with Crippen LogP contribution in [0.15, 0.2) is 53.3 Å². The number of carbonyl (C=O) groups excluding carboxylic acids is 1. The van der Waals surface area contributed by atoms with Crippen molar-refractivity contribution in [2.75, 3.05) is 11.9 Å². The molecule has 1 aromatic heterocycles. The van der Waals surface area contributed by atoms with Gasteiger partial charge in [-0.1, -0.05) is 45.2 Å². The van der Waals surface area contributed by atoms with Crippen LogP contribution in [0.2, 0.25) is 0 Å². The van der Waals surface area contributed by atoms with Crippen LogP contribution in [0.5, 0.6) is 11.5 Å². The largest absolute Gasteiger partial charge is 0.506 e. The number of hydrogen-bond acceptors (Lipinski definition) is 4. The van der Waals surface area contributed by atoms with Gasteiger partial charge in [-0.3, -0.25) is 9.59 Å². The highest BCUT2D eigenvalue weighted by Gasteiger charge is 2.22. The molecule has 0 aliphatic rings. The molecule has 0 saturated carbocycles. The number of unbranched alkanes of at least 4 members (excludes halogenated alkanes) is 3. The molecule has 0 aliphatic carbocycles. The van der Waals surface area contributed by atoms with Crippen LogP contribution in [0.4, 0.5) is 5.69 Å². The Kier molecular flexibility index (Phi) is 7.70. The van der Waals surface area contributed by atoms with Crippen molar-refractivity contribution in [3.8, 4) is 11.5 Å². The lowest BCUT2D eigenvalue weighted by atomic mass is 10.1. The molecule has 0 saturated heterocycles. The molecule has 6 heteroatoms. The number of nitrogens with one attached hydrogen (secondary N) is 1. The fraction of sp³-hybridized carbons (Fsp3) is 0.360. The zero-order valence-corrected chi connectivity index (χ0v) is 18.2. The van der Waals surface area contributed by atoms with Gasteiger partial charge < -0.3 is 19.7 Å². The molecule has 164 valence electrons. The third-order valence-electron chi connectivity index (χ3n) is 5.20. The molecule has 0 unspecified atom stereocenters. The Labute approximate surface area is 182 Å². The second kappa shape index (κ2) is 10.7. The lowest BCUT2D eigenvalue weighted by Gasteiger charge is -2.14. The van der Waals surface area contributed by atoms with E-state index in [1.54, 1.807) is 53.1 Å². The maximum absolute atomic E-state index is 13.0. The minimum atomic E-state index is -0.633. The highest BCUT2D eigenvalue weighted by molar-refractivity contribution is 6.09. The number of aromatic hydroxyl groups is 1. The number of nitrogens with zero attached hydrogens (tertiary/aromatic N) is 1. The summed E-state index contributed by atoms with van der Waals surface area (Å²) in [6, 6.07) is 14.1. The molecule has 3 rings (SSSR count). The van der Waals surface area contributed by atoms with Gasteiger partial charge in [0, 0.05) is 17.6 Å². The summed E-state index contributed by atoms with van der Waals surface area (Å²) in [5, 5.41) is 13.9. The average Bonchev–Trinajstić information content (AvgIpc) is 2.78. The van der Waals surface area contributed by atoms with E-state index in [1.807, 2.05) is 6.92 Å². The molecule has 0 aliphatic heterocycles. The van der Waals surface area contributed by atoms with Crippen LogP contribution in [0, 0.1) is 0 Å². The normalized spacial score (nSPS) is 10.9. The monoisotopic (exact) mass is 422 g/mol. The van der Waals surface area contributed by atoms with Crippen molar-refractivity contribution in [3.63, 3.8) is 0 Å². The summed E-state index contributed by atoms with van der Waals surface area (Å²) in [7, 11) is 0. The van der Waals surface area contributed by atoms with E-state index < -0.39 is 11.5 Å². The molecular formula is C25H30N2O4. The number of benzene rings is 2. The number of amides is 1. The van der Waals surface area contributed by atoms with Gasteiger partial charge in [0.15, 0.2) is 0 Å². The van der Waals surface area contributed by atoms with E-state index >= 15 is 0 Å². The molecule has 0 radical (unpaired) electrons. The molecule has 0 spiro atoms. The molecule has 1 heterocycles. The summed E-state index contributed by atoms with van der Waals surface area (Å²) in [6.07, 6.45) is 5.28. The number of para-hydroxylation sites is 1. The molecule has 0 fully saturated rings. The number of aromatic nitrogens is 1. The lowest BCUT2D eigenvalue weighted by Crippen LogP contribution is -2.29. The van der Waals surface area contributed by atoms with Gasteiger partial charge in [-0.2, -0.15) is 0 Å². The van der Waals surface area contributed by atoms with Gasteiger partial charge in [0.2, 0.25) is 0 Å². The predicted molar refractivity (Wildman–Crippen MR) is 124 cm³/mol. The molecule has 2 aromatic carbocycles. The molecule has 3 aromatic rings. The van der Waals surface area contributed by atoms with Gasteiger partial charge in [0.05, 0.1) is 12.1 Å². The maximum Gasteiger partial charge on any atom is 0.267 e. The Morgan fingerprint density at radius 3 is 2.45 bits per heavy atom.